The summed E-state index contributed by atoms with van der Waals surface area (Å²) in [5.74, 6) is -1.09. The van der Waals surface area contributed by atoms with E-state index in [0.717, 1.165) is 5.56 Å². The van der Waals surface area contributed by atoms with Gasteiger partial charge in [0, 0.05) is 5.57 Å². The van der Waals surface area contributed by atoms with E-state index in [0.29, 0.717) is 5.57 Å². The van der Waals surface area contributed by atoms with Crippen LogP contribution in [0.2, 0.25) is 18.1 Å². The summed E-state index contributed by atoms with van der Waals surface area (Å²) in [6.07, 6.45) is -0.280. The molecule has 1 heterocycles. The molecule has 0 saturated carbocycles. The molecule has 0 spiro atoms. The van der Waals surface area contributed by atoms with E-state index in [1.165, 1.54) is 0 Å². The maximum Gasteiger partial charge on any atom is 0.408 e. The SMILES string of the molecule is CC1(C)O[C@@H]2[C@H](O1)C(=O)C(CO[Si](C)(C)C(C)(C)C)=C[C@H]2NC(=O)OCc1ccccc1. The van der Waals surface area contributed by atoms with Gasteiger partial charge in [-0.15, -0.1) is 0 Å². The average Bonchev–Trinajstić information content (AvgIpc) is 3.03. The normalized spacial score (nSPS) is 25.2. The van der Waals surface area contributed by atoms with E-state index in [9.17, 15) is 9.59 Å². The van der Waals surface area contributed by atoms with Crippen LogP contribution in [0, 0.1) is 0 Å². The molecule has 2 aliphatic rings. The van der Waals surface area contributed by atoms with Crippen molar-refractivity contribution in [1.29, 1.82) is 0 Å². The number of alkyl carbamates (subject to hydrolysis) is 1. The molecule has 1 aromatic carbocycles. The van der Waals surface area contributed by atoms with Crippen molar-refractivity contribution < 1.29 is 28.2 Å². The van der Waals surface area contributed by atoms with E-state index in [4.69, 9.17) is 18.6 Å². The Balaban J connectivity index is 1.73. The molecular formula is C24H35NO6Si. The van der Waals surface area contributed by atoms with Gasteiger partial charge in [0.05, 0.1) is 12.6 Å². The molecule has 1 aliphatic carbocycles. The highest BCUT2D eigenvalue weighted by Crippen LogP contribution is 2.38. The molecule has 1 saturated heterocycles. The molecular weight excluding hydrogens is 426 g/mol. The first-order valence-electron chi connectivity index (χ1n) is 11.0. The molecule has 1 aromatic rings. The highest BCUT2D eigenvalue weighted by Gasteiger charge is 2.52. The van der Waals surface area contributed by atoms with Gasteiger partial charge in [0.25, 0.3) is 0 Å². The standard InChI is InChI=1S/C24H35NO6Si/c1-23(2,3)32(6,7)29-15-17-13-18(20-21(19(17)26)31-24(4,5)30-20)25-22(27)28-14-16-11-9-8-10-12-16/h8-13,18,20-21H,14-15H2,1-7H3,(H,25,27)/t18-,20+,21-/m1/s1. The zero-order valence-electron chi connectivity index (χ0n) is 20.1. The number of ether oxygens (including phenoxy) is 3. The van der Waals surface area contributed by atoms with Crippen molar-refractivity contribution in [2.75, 3.05) is 6.61 Å². The van der Waals surface area contributed by atoms with Crippen LogP contribution in [-0.2, 0) is 30.0 Å². The van der Waals surface area contributed by atoms with Crippen molar-refractivity contribution in [2.24, 2.45) is 0 Å². The summed E-state index contributed by atoms with van der Waals surface area (Å²) in [6, 6.07) is 8.87. The predicted molar refractivity (Wildman–Crippen MR) is 124 cm³/mol. The minimum absolute atomic E-state index is 0.0155. The van der Waals surface area contributed by atoms with Crippen LogP contribution in [0.1, 0.15) is 40.2 Å². The van der Waals surface area contributed by atoms with Crippen molar-refractivity contribution in [1.82, 2.24) is 5.32 Å². The number of hydrogen-bond donors (Lipinski definition) is 1. The van der Waals surface area contributed by atoms with Crippen molar-refractivity contribution in [2.45, 2.75) is 83.4 Å². The second-order valence-electron chi connectivity index (χ2n) is 10.4. The number of fused-ring (bicyclic) bond motifs is 1. The lowest BCUT2D eigenvalue weighted by atomic mass is 9.90. The largest absolute Gasteiger partial charge is 0.445 e. The van der Waals surface area contributed by atoms with Crippen molar-refractivity contribution in [3.05, 3.63) is 47.5 Å². The minimum atomic E-state index is -2.06. The van der Waals surface area contributed by atoms with Crippen molar-refractivity contribution in [3.63, 3.8) is 0 Å². The summed E-state index contributed by atoms with van der Waals surface area (Å²) in [7, 11) is -2.06. The van der Waals surface area contributed by atoms with Gasteiger partial charge in [0.1, 0.15) is 12.7 Å². The summed E-state index contributed by atoms with van der Waals surface area (Å²) < 4.78 is 23.5. The van der Waals surface area contributed by atoms with Crippen LogP contribution in [0.5, 0.6) is 0 Å². The Morgan fingerprint density at radius 2 is 1.78 bits per heavy atom. The Hall–Kier alpha value is -2.00. The Kier molecular flexibility index (Phi) is 7.00. The molecule has 0 radical (unpaired) electrons. The number of nitrogens with one attached hydrogen (secondary N) is 1. The number of Topliss-reactive ketones (excluding diaryl/α,β-unsaturated/α-hetero) is 1. The van der Waals surface area contributed by atoms with Crippen LogP contribution in [0.15, 0.2) is 42.0 Å². The first kappa shape index (κ1) is 24.6. The Morgan fingerprint density at radius 1 is 1.12 bits per heavy atom. The van der Waals surface area contributed by atoms with Crippen LogP contribution in [-0.4, -0.2) is 50.8 Å². The predicted octanol–water partition coefficient (Wildman–Crippen LogP) is 4.33. The van der Waals surface area contributed by atoms with E-state index in [1.807, 2.05) is 30.3 Å². The van der Waals surface area contributed by atoms with Gasteiger partial charge in [-0.1, -0.05) is 57.2 Å². The van der Waals surface area contributed by atoms with Crippen LogP contribution < -0.4 is 5.32 Å². The first-order valence-corrected chi connectivity index (χ1v) is 13.9. The molecule has 3 rings (SSSR count). The molecule has 7 nitrogen and oxygen atoms in total. The number of hydrogen-bond acceptors (Lipinski definition) is 6. The Labute approximate surface area is 191 Å². The van der Waals surface area contributed by atoms with Gasteiger partial charge < -0.3 is 24.0 Å². The fourth-order valence-electron chi connectivity index (χ4n) is 3.45. The van der Waals surface area contributed by atoms with Crippen molar-refractivity contribution >= 4 is 20.2 Å². The quantitative estimate of drug-likeness (QED) is 0.635. The second kappa shape index (κ2) is 9.09. The number of benzene rings is 1. The lowest BCUT2D eigenvalue weighted by molar-refractivity contribution is -0.153. The minimum Gasteiger partial charge on any atom is -0.445 e. The fourth-order valence-corrected chi connectivity index (χ4v) is 4.40. The third-order valence-electron chi connectivity index (χ3n) is 6.33. The summed E-state index contributed by atoms with van der Waals surface area (Å²) in [5, 5.41) is 2.85. The van der Waals surface area contributed by atoms with Gasteiger partial charge >= 0.3 is 6.09 Å². The number of carbonyl (C=O) groups excluding carboxylic acids is 2. The van der Waals surface area contributed by atoms with Crippen LogP contribution in [0.4, 0.5) is 4.79 Å². The molecule has 0 aromatic heterocycles. The van der Waals surface area contributed by atoms with Gasteiger partial charge in [0.2, 0.25) is 0 Å². The number of rotatable bonds is 6. The van der Waals surface area contributed by atoms with Gasteiger partial charge in [0.15, 0.2) is 26.0 Å². The highest BCUT2D eigenvalue weighted by atomic mass is 28.4. The molecule has 1 fully saturated rings. The zero-order chi connectivity index (χ0) is 23.7. The second-order valence-corrected chi connectivity index (χ2v) is 15.2. The molecule has 1 amide bonds. The smallest absolute Gasteiger partial charge is 0.408 e. The lowest BCUT2D eigenvalue weighted by Gasteiger charge is -2.37. The Bertz CT molecular complexity index is 874. The van der Waals surface area contributed by atoms with Crippen LogP contribution in [0.3, 0.4) is 0 Å². The van der Waals surface area contributed by atoms with Crippen LogP contribution in [0.25, 0.3) is 0 Å². The third-order valence-corrected chi connectivity index (χ3v) is 10.8. The van der Waals surface area contributed by atoms with E-state index < -0.39 is 38.4 Å². The van der Waals surface area contributed by atoms with Gasteiger partial charge in [-0.2, -0.15) is 0 Å². The molecule has 1 aliphatic heterocycles. The number of amides is 1. The van der Waals surface area contributed by atoms with Gasteiger partial charge in [-0.25, -0.2) is 4.79 Å². The monoisotopic (exact) mass is 461 g/mol. The molecule has 0 unspecified atom stereocenters. The zero-order valence-corrected chi connectivity index (χ0v) is 21.1. The first-order chi connectivity index (χ1) is 14.8. The maximum absolute atomic E-state index is 13.1. The maximum atomic E-state index is 13.1. The number of ketones is 1. The van der Waals surface area contributed by atoms with E-state index >= 15 is 0 Å². The molecule has 3 atom stereocenters. The van der Waals surface area contributed by atoms with Crippen molar-refractivity contribution in [3.8, 4) is 0 Å². The summed E-state index contributed by atoms with van der Waals surface area (Å²) in [5.41, 5.74) is 1.38. The van der Waals surface area contributed by atoms with Gasteiger partial charge in [-0.05, 0) is 37.5 Å². The van der Waals surface area contributed by atoms with E-state index in [-0.39, 0.29) is 24.0 Å². The van der Waals surface area contributed by atoms with Gasteiger partial charge in [-0.3, -0.25) is 4.79 Å². The topological polar surface area (TPSA) is 83.1 Å². The molecule has 8 heteroatoms. The molecule has 176 valence electrons. The van der Waals surface area contributed by atoms with Crippen LogP contribution >= 0.6 is 0 Å². The average molecular weight is 462 g/mol. The third kappa shape index (κ3) is 5.67. The van der Waals surface area contributed by atoms with E-state index in [2.05, 4.69) is 39.2 Å². The molecule has 1 N–H and O–H groups in total. The summed E-state index contributed by atoms with van der Waals surface area (Å²) in [6.45, 7) is 14.6. The van der Waals surface area contributed by atoms with E-state index in [1.54, 1.807) is 19.9 Å². The molecule has 32 heavy (non-hydrogen) atoms. The summed E-state index contributed by atoms with van der Waals surface area (Å²) in [4.78, 5) is 25.6. The molecule has 0 bridgehead atoms. The number of carbonyl (C=O) groups is 2. The Morgan fingerprint density at radius 3 is 2.41 bits per heavy atom. The highest BCUT2D eigenvalue weighted by molar-refractivity contribution is 6.74. The lowest BCUT2D eigenvalue weighted by Crippen LogP contribution is -2.53. The fraction of sp³-hybridized carbons (Fsp3) is 0.583. The summed E-state index contributed by atoms with van der Waals surface area (Å²) >= 11 is 0.